The number of nitrogens with two attached hydrogens (primary N) is 1. The molecule has 0 atom stereocenters. The van der Waals surface area contributed by atoms with Gasteiger partial charge in [-0.2, -0.15) is 0 Å². The molecule has 1 fully saturated rings. The lowest BCUT2D eigenvalue weighted by atomic mass is 10.2. The van der Waals surface area contributed by atoms with Gasteiger partial charge in [-0.15, -0.1) is 11.3 Å². The largest absolute Gasteiger partial charge is 0.465 e. The van der Waals surface area contributed by atoms with Crippen LogP contribution in [-0.2, 0) is 4.74 Å². The van der Waals surface area contributed by atoms with Crippen LogP contribution in [0.15, 0.2) is 0 Å². The number of nitrogens with zero attached hydrogens (tertiary/aromatic N) is 1. The highest BCUT2D eigenvalue weighted by molar-refractivity contribution is 7.19. The first-order valence-corrected chi connectivity index (χ1v) is 7.83. The second-order valence-electron chi connectivity index (χ2n) is 5.19. The maximum atomic E-state index is 12.2. The van der Waals surface area contributed by atoms with Gasteiger partial charge in [0, 0.05) is 19.6 Å². The molecule has 6 nitrogen and oxygen atoms in total. The molecule has 0 bridgehead atoms. The van der Waals surface area contributed by atoms with Crippen LogP contribution in [0.5, 0.6) is 0 Å². The molecule has 7 heteroatoms. The Labute approximate surface area is 128 Å². The van der Waals surface area contributed by atoms with Crippen LogP contribution in [-0.4, -0.2) is 38.6 Å². The lowest BCUT2D eigenvalue weighted by molar-refractivity contribution is 0.0603. The SMILES string of the molecule is CCCN(C)c1sc(C(=O)NC2CC2)c(N)c1C(=O)OC. The van der Waals surface area contributed by atoms with Gasteiger partial charge in [0.1, 0.15) is 15.4 Å². The Bertz CT molecular complexity index is 552. The third kappa shape index (κ3) is 3.29. The summed E-state index contributed by atoms with van der Waals surface area (Å²) < 4.78 is 4.80. The Morgan fingerprint density at radius 1 is 1.48 bits per heavy atom. The van der Waals surface area contributed by atoms with Gasteiger partial charge in [0.25, 0.3) is 5.91 Å². The minimum atomic E-state index is -0.507. The summed E-state index contributed by atoms with van der Waals surface area (Å²) >= 11 is 1.24. The van der Waals surface area contributed by atoms with Crippen molar-refractivity contribution in [2.45, 2.75) is 32.2 Å². The molecule has 0 aliphatic heterocycles. The lowest BCUT2D eigenvalue weighted by Crippen LogP contribution is -2.25. The average molecular weight is 311 g/mol. The van der Waals surface area contributed by atoms with Crippen molar-refractivity contribution in [3.8, 4) is 0 Å². The normalized spacial score (nSPS) is 13.9. The summed E-state index contributed by atoms with van der Waals surface area (Å²) in [4.78, 5) is 26.5. The second kappa shape index (κ2) is 6.34. The Morgan fingerprint density at radius 3 is 2.67 bits per heavy atom. The minimum Gasteiger partial charge on any atom is -0.465 e. The maximum Gasteiger partial charge on any atom is 0.343 e. The Hall–Kier alpha value is -1.76. The van der Waals surface area contributed by atoms with Gasteiger partial charge in [-0.25, -0.2) is 4.79 Å². The van der Waals surface area contributed by atoms with Crippen molar-refractivity contribution in [2.75, 3.05) is 31.3 Å². The second-order valence-corrected chi connectivity index (χ2v) is 6.18. The van der Waals surface area contributed by atoms with Crippen molar-refractivity contribution in [2.24, 2.45) is 0 Å². The van der Waals surface area contributed by atoms with Crippen LogP contribution in [0.3, 0.4) is 0 Å². The van der Waals surface area contributed by atoms with Crippen LogP contribution in [0.1, 0.15) is 46.2 Å². The van der Waals surface area contributed by atoms with E-state index in [9.17, 15) is 9.59 Å². The highest BCUT2D eigenvalue weighted by Gasteiger charge is 2.30. The summed E-state index contributed by atoms with van der Waals surface area (Å²) in [7, 11) is 3.19. The van der Waals surface area contributed by atoms with Gasteiger partial charge in [0.15, 0.2) is 0 Å². The predicted octanol–water partition coefficient (Wildman–Crippen LogP) is 1.86. The van der Waals surface area contributed by atoms with Crippen molar-refractivity contribution in [1.82, 2.24) is 5.32 Å². The number of nitrogens with one attached hydrogen (secondary N) is 1. The van der Waals surface area contributed by atoms with Crippen molar-refractivity contribution in [3.05, 3.63) is 10.4 Å². The van der Waals surface area contributed by atoms with Crippen molar-refractivity contribution >= 4 is 33.9 Å². The Kier molecular flexibility index (Phi) is 4.72. The maximum absolute atomic E-state index is 12.2. The number of anilines is 2. The fourth-order valence-corrected chi connectivity index (χ4v) is 3.18. The molecular formula is C14H21N3O3S. The van der Waals surface area contributed by atoms with E-state index in [1.165, 1.54) is 18.4 Å². The van der Waals surface area contributed by atoms with Crippen LogP contribution in [0.25, 0.3) is 0 Å². The topological polar surface area (TPSA) is 84.7 Å². The zero-order chi connectivity index (χ0) is 15.6. The molecule has 1 aromatic heterocycles. The monoisotopic (exact) mass is 311 g/mol. The average Bonchev–Trinajstić information content (AvgIpc) is 3.19. The molecule has 1 amide bonds. The molecular weight excluding hydrogens is 290 g/mol. The van der Waals surface area contributed by atoms with E-state index in [1.54, 1.807) is 0 Å². The molecule has 1 heterocycles. The molecule has 0 saturated heterocycles. The van der Waals surface area contributed by atoms with Gasteiger partial charge in [-0.05, 0) is 19.3 Å². The summed E-state index contributed by atoms with van der Waals surface area (Å²) in [5.74, 6) is -0.714. The predicted molar refractivity (Wildman–Crippen MR) is 84.1 cm³/mol. The molecule has 0 radical (unpaired) electrons. The number of methoxy groups -OCH3 is 1. The summed E-state index contributed by atoms with van der Waals surface area (Å²) in [6.45, 7) is 2.82. The fourth-order valence-electron chi connectivity index (χ4n) is 2.08. The summed E-state index contributed by atoms with van der Waals surface area (Å²) in [6, 6.07) is 0.248. The molecule has 1 aliphatic carbocycles. The smallest absolute Gasteiger partial charge is 0.343 e. The number of hydrogen-bond donors (Lipinski definition) is 2. The zero-order valence-electron chi connectivity index (χ0n) is 12.6. The van der Waals surface area contributed by atoms with E-state index in [-0.39, 0.29) is 17.6 Å². The van der Waals surface area contributed by atoms with Crippen LogP contribution in [0.4, 0.5) is 10.7 Å². The van der Waals surface area contributed by atoms with Crippen LogP contribution >= 0.6 is 11.3 Å². The molecule has 0 unspecified atom stereocenters. The van der Waals surface area contributed by atoms with Crippen molar-refractivity contribution in [3.63, 3.8) is 0 Å². The molecule has 2 rings (SSSR count). The van der Waals surface area contributed by atoms with Gasteiger partial charge in [-0.1, -0.05) is 6.92 Å². The van der Waals surface area contributed by atoms with Gasteiger partial charge >= 0.3 is 5.97 Å². The standard InChI is InChI=1S/C14H21N3O3S/c1-4-7-17(2)13-9(14(19)20-3)10(15)11(21-13)12(18)16-8-5-6-8/h8H,4-7,15H2,1-3H3,(H,16,18). The molecule has 0 aromatic carbocycles. The molecule has 3 N–H and O–H groups in total. The van der Waals surface area contributed by atoms with E-state index in [2.05, 4.69) is 5.32 Å². The number of thiophene rings is 1. The molecule has 116 valence electrons. The van der Waals surface area contributed by atoms with Crippen LogP contribution in [0.2, 0.25) is 0 Å². The molecule has 21 heavy (non-hydrogen) atoms. The minimum absolute atomic E-state index is 0.207. The van der Waals surface area contributed by atoms with Gasteiger partial charge in [0.2, 0.25) is 0 Å². The highest BCUT2D eigenvalue weighted by Crippen LogP contribution is 2.38. The molecule has 1 aromatic rings. The number of carbonyl (C=O) groups excluding carboxylic acids is 2. The number of ether oxygens (including phenoxy) is 1. The number of nitrogen functional groups attached to an aromatic ring is 1. The number of rotatable bonds is 6. The van der Waals surface area contributed by atoms with Gasteiger partial charge in [-0.3, -0.25) is 4.79 Å². The van der Waals surface area contributed by atoms with Crippen LogP contribution < -0.4 is 16.0 Å². The molecule has 1 saturated carbocycles. The van der Waals surface area contributed by atoms with Gasteiger partial charge < -0.3 is 20.7 Å². The van der Waals surface area contributed by atoms with Crippen LogP contribution in [0, 0.1) is 0 Å². The molecule has 1 aliphatic rings. The number of carbonyl (C=O) groups is 2. The summed E-state index contributed by atoms with van der Waals surface area (Å²) in [6.07, 6.45) is 2.94. The summed E-state index contributed by atoms with van der Waals surface area (Å²) in [5.41, 5.74) is 6.54. The third-order valence-corrected chi connectivity index (χ3v) is 4.66. The number of hydrogen-bond acceptors (Lipinski definition) is 6. The highest BCUT2D eigenvalue weighted by atomic mass is 32.1. The van der Waals surface area contributed by atoms with E-state index in [4.69, 9.17) is 10.5 Å². The van der Waals surface area contributed by atoms with E-state index in [0.717, 1.165) is 25.8 Å². The fraction of sp³-hybridized carbons (Fsp3) is 0.571. The first-order chi connectivity index (χ1) is 9.99. The number of amides is 1. The quantitative estimate of drug-likeness (QED) is 0.783. The third-order valence-electron chi connectivity index (χ3n) is 3.34. The van der Waals surface area contributed by atoms with E-state index in [0.29, 0.717) is 15.4 Å². The first kappa shape index (κ1) is 15.6. The Morgan fingerprint density at radius 2 is 2.14 bits per heavy atom. The van der Waals surface area contributed by atoms with E-state index >= 15 is 0 Å². The van der Waals surface area contributed by atoms with Crippen molar-refractivity contribution in [1.29, 1.82) is 0 Å². The lowest BCUT2D eigenvalue weighted by Gasteiger charge is -2.17. The zero-order valence-corrected chi connectivity index (χ0v) is 13.4. The van der Waals surface area contributed by atoms with E-state index in [1.807, 2.05) is 18.9 Å². The van der Waals surface area contributed by atoms with Gasteiger partial charge in [0.05, 0.1) is 12.8 Å². The molecule has 0 spiro atoms. The van der Waals surface area contributed by atoms with E-state index < -0.39 is 5.97 Å². The number of esters is 1. The summed E-state index contributed by atoms with van der Waals surface area (Å²) in [5, 5.41) is 3.58. The van der Waals surface area contributed by atoms with Crippen molar-refractivity contribution < 1.29 is 14.3 Å². The Balaban J connectivity index is 2.37. The first-order valence-electron chi connectivity index (χ1n) is 7.02.